The number of aromatic hydroxyl groups is 1. The summed E-state index contributed by atoms with van der Waals surface area (Å²) >= 11 is 0. The smallest absolute Gasteiger partial charge is 0.295 e. The first-order chi connectivity index (χ1) is 9.22. The SMILES string of the molecule is Oc1ccc(CNc2nc3ccccc3o2)cc1F. The van der Waals surface area contributed by atoms with E-state index in [0.29, 0.717) is 23.7 Å². The van der Waals surface area contributed by atoms with E-state index in [9.17, 15) is 4.39 Å². The van der Waals surface area contributed by atoms with Gasteiger partial charge in [0.2, 0.25) is 0 Å². The van der Waals surface area contributed by atoms with Crippen LogP contribution >= 0.6 is 0 Å². The molecule has 0 saturated heterocycles. The Hall–Kier alpha value is -2.56. The van der Waals surface area contributed by atoms with Crippen LogP contribution in [0.25, 0.3) is 11.1 Å². The van der Waals surface area contributed by atoms with Crippen molar-refractivity contribution in [3.63, 3.8) is 0 Å². The predicted molar refractivity (Wildman–Crippen MR) is 69.4 cm³/mol. The molecule has 0 saturated carbocycles. The van der Waals surface area contributed by atoms with E-state index < -0.39 is 5.82 Å². The van der Waals surface area contributed by atoms with Crippen LogP contribution in [-0.2, 0) is 6.54 Å². The minimum Gasteiger partial charge on any atom is -0.505 e. The number of fused-ring (bicyclic) bond motifs is 1. The topological polar surface area (TPSA) is 58.3 Å². The van der Waals surface area contributed by atoms with Crippen molar-refractivity contribution >= 4 is 17.1 Å². The number of nitrogens with one attached hydrogen (secondary N) is 1. The summed E-state index contributed by atoms with van der Waals surface area (Å²) in [7, 11) is 0. The second-order valence-electron chi connectivity index (χ2n) is 4.13. The number of aromatic nitrogens is 1. The van der Waals surface area contributed by atoms with E-state index in [0.717, 1.165) is 5.52 Å². The van der Waals surface area contributed by atoms with E-state index in [1.54, 1.807) is 6.07 Å². The first-order valence-corrected chi connectivity index (χ1v) is 5.79. The summed E-state index contributed by atoms with van der Waals surface area (Å²) in [6.07, 6.45) is 0. The zero-order valence-corrected chi connectivity index (χ0v) is 9.93. The maximum Gasteiger partial charge on any atom is 0.295 e. The van der Waals surface area contributed by atoms with Crippen LogP contribution < -0.4 is 5.32 Å². The number of phenols is 1. The second kappa shape index (κ2) is 4.61. The summed E-state index contributed by atoms with van der Waals surface area (Å²) in [5.41, 5.74) is 2.15. The van der Waals surface area contributed by atoms with E-state index in [2.05, 4.69) is 10.3 Å². The Morgan fingerprint density at radius 3 is 2.84 bits per heavy atom. The molecule has 0 amide bonds. The quantitative estimate of drug-likeness (QED) is 0.756. The Labute approximate surface area is 108 Å². The number of rotatable bonds is 3. The van der Waals surface area contributed by atoms with Crippen LogP contribution in [-0.4, -0.2) is 10.1 Å². The van der Waals surface area contributed by atoms with Gasteiger partial charge >= 0.3 is 0 Å². The average molecular weight is 258 g/mol. The molecule has 0 aliphatic heterocycles. The minimum atomic E-state index is -0.642. The van der Waals surface area contributed by atoms with Crippen molar-refractivity contribution in [3.05, 3.63) is 53.8 Å². The average Bonchev–Trinajstić information content (AvgIpc) is 2.83. The third kappa shape index (κ3) is 2.35. The van der Waals surface area contributed by atoms with E-state index in [4.69, 9.17) is 9.52 Å². The molecule has 2 aromatic carbocycles. The summed E-state index contributed by atoms with van der Waals surface area (Å²) in [5.74, 6) is -0.998. The Bertz CT molecular complexity index is 691. The molecule has 2 N–H and O–H groups in total. The molecule has 0 bridgehead atoms. The van der Waals surface area contributed by atoms with Crippen LogP contribution in [0.5, 0.6) is 5.75 Å². The van der Waals surface area contributed by atoms with Crippen molar-refractivity contribution in [2.75, 3.05) is 5.32 Å². The Balaban J connectivity index is 1.76. The molecule has 0 aliphatic carbocycles. The number of hydrogen-bond donors (Lipinski definition) is 2. The van der Waals surface area contributed by atoms with Crippen molar-refractivity contribution in [2.24, 2.45) is 0 Å². The lowest BCUT2D eigenvalue weighted by molar-refractivity contribution is 0.432. The molecule has 3 aromatic rings. The highest BCUT2D eigenvalue weighted by Crippen LogP contribution is 2.20. The van der Waals surface area contributed by atoms with Crippen LogP contribution in [0.15, 0.2) is 46.9 Å². The van der Waals surface area contributed by atoms with Crippen molar-refractivity contribution in [3.8, 4) is 5.75 Å². The number of para-hydroxylation sites is 2. The Morgan fingerprint density at radius 2 is 2.05 bits per heavy atom. The number of nitrogens with zero attached hydrogens (tertiary/aromatic N) is 1. The number of oxazole rings is 1. The highest BCUT2D eigenvalue weighted by atomic mass is 19.1. The van der Waals surface area contributed by atoms with Crippen LogP contribution in [0.2, 0.25) is 0 Å². The molecule has 1 aromatic heterocycles. The summed E-state index contributed by atoms with van der Waals surface area (Å²) in [4.78, 5) is 4.25. The molecule has 96 valence electrons. The molecule has 0 aliphatic rings. The van der Waals surface area contributed by atoms with Gasteiger partial charge in [0.1, 0.15) is 5.52 Å². The third-order valence-corrected chi connectivity index (χ3v) is 2.75. The van der Waals surface area contributed by atoms with Gasteiger partial charge in [0.05, 0.1) is 0 Å². The molecule has 0 fully saturated rings. The van der Waals surface area contributed by atoms with Gasteiger partial charge in [-0.3, -0.25) is 0 Å². The van der Waals surface area contributed by atoms with Crippen LogP contribution in [0.1, 0.15) is 5.56 Å². The molecular weight excluding hydrogens is 247 g/mol. The molecule has 0 spiro atoms. The fourth-order valence-corrected chi connectivity index (χ4v) is 1.79. The fourth-order valence-electron chi connectivity index (χ4n) is 1.79. The first kappa shape index (κ1) is 11.5. The van der Waals surface area contributed by atoms with Gasteiger partial charge in [0, 0.05) is 6.54 Å². The molecular formula is C14H11FN2O2. The number of benzene rings is 2. The molecule has 0 unspecified atom stereocenters. The van der Waals surface area contributed by atoms with Gasteiger partial charge in [-0.25, -0.2) is 4.39 Å². The number of halogens is 1. The molecule has 19 heavy (non-hydrogen) atoms. The van der Waals surface area contributed by atoms with Crippen molar-refractivity contribution in [1.29, 1.82) is 0 Å². The van der Waals surface area contributed by atoms with Gasteiger partial charge in [0.15, 0.2) is 17.1 Å². The lowest BCUT2D eigenvalue weighted by atomic mass is 10.2. The highest BCUT2D eigenvalue weighted by Gasteiger charge is 2.05. The third-order valence-electron chi connectivity index (χ3n) is 2.75. The summed E-state index contributed by atoms with van der Waals surface area (Å²) in [6.45, 7) is 0.365. The van der Waals surface area contributed by atoms with Crippen LogP contribution in [0.3, 0.4) is 0 Å². The molecule has 5 heteroatoms. The molecule has 0 atom stereocenters. The minimum absolute atomic E-state index is 0.356. The van der Waals surface area contributed by atoms with Crippen molar-refractivity contribution in [2.45, 2.75) is 6.54 Å². The van der Waals surface area contributed by atoms with E-state index in [1.807, 2.05) is 24.3 Å². The number of anilines is 1. The second-order valence-corrected chi connectivity index (χ2v) is 4.13. The number of phenolic OH excluding ortho intramolecular Hbond substituents is 1. The van der Waals surface area contributed by atoms with Gasteiger partial charge in [-0.2, -0.15) is 4.98 Å². The standard InChI is InChI=1S/C14H11FN2O2/c15-10-7-9(5-6-12(10)18)8-16-14-17-11-3-1-2-4-13(11)19-14/h1-7,18H,8H2,(H,16,17). The summed E-state index contributed by atoms with van der Waals surface area (Å²) in [5, 5.41) is 12.1. The van der Waals surface area contributed by atoms with Gasteiger partial charge in [-0.05, 0) is 29.8 Å². The van der Waals surface area contributed by atoms with Gasteiger partial charge in [-0.15, -0.1) is 0 Å². The van der Waals surface area contributed by atoms with E-state index >= 15 is 0 Å². The van der Waals surface area contributed by atoms with Gasteiger partial charge in [0.25, 0.3) is 6.01 Å². The zero-order valence-electron chi connectivity index (χ0n) is 9.93. The molecule has 0 radical (unpaired) electrons. The van der Waals surface area contributed by atoms with E-state index in [1.165, 1.54) is 12.1 Å². The molecule has 1 heterocycles. The Morgan fingerprint density at radius 1 is 1.21 bits per heavy atom. The highest BCUT2D eigenvalue weighted by molar-refractivity contribution is 5.74. The first-order valence-electron chi connectivity index (χ1n) is 5.79. The van der Waals surface area contributed by atoms with Crippen LogP contribution in [0.4, 0.5) is 10.4 Å². The maximum absolute atomic E-state index is 13.2. The fraction of sp³-hybridized carbons (Fsp3) is 0.0714. The molecule has 4 nitrogen and oxygen atoms in total. The van der Waals surface area contributed by atoms with E-state index in [-0.39, 0.29) is 5.75 Å². The van der Waals surface area contributed by atoms with Gasteiger partial charge in [-0.1, -0.05) is 18.2 Å². The summed E-state index contributed by atoms with van der Waals surface area (Å²) < 4.78 is 18.6. The van der Waals surface area contributed by atoms with Crippen molar-refractivity contribution < 1.29 is 13.9 Å². The largest absolute Gasteiger partial charge is 0.505 e. The monoisotopic (exact) mass is 258 g/mol. The maximum atomic E-state index is 13.2. The predicted octanol–water partition coefficient (Wildman–Crippen LogP) is 3.28. The van der Waals surface area contributed by atoms with Crippen LogP contribution in [0, 0.1) is 5.82 Å². The lowest BCUT2D eigenvalue weighted by Gasteiger charge is -2.03. The summed E-state index contributed by atoms with van der Waals surface area (Å²) in [6, 6.07) is 12.0. The number of hydrogen-bond acceptors (Lipinski definition) is 4. The molecule has 3 rings (SSSR count). The Kier molecular flexibility index (Phi) is 2.79. The zero-order chi connectivity index (χ0) is 13.2. The normalized spacial score (nSPS) is 10.8. The van der Waals surface area contributed by atoms with Crippen molar-refractivity contribution in [1.82, 2.24) is 4.98 Å². The lowest BCUT2D eigenvalue weighted by Crippen LogP contribution is -1.99. The van der Waals surface area contributed by atoms with Gasteiger partial charge < -0.3 is 14.8 Å².